The number of pyridine rings is 1. The standard InChI is InChI=1S/C16H13NO5/c1-8-6-12-14(15(19)17-8)11(7-13(18)22-12)9-2-4-10(5-3-9)16(20)21/h2-6,11H,7H2,1H3,(H,17,19)(H,20,21)/t11-/m0/s1. The van der Waals surface area contributed by atoms with Gasteiger partial charge in [0.1, 0.15) is 5.75 Å². The summed E-state index contributed by atoms with van der Waals surface area (Å²) < 4.78 is 5.15. The summed E-state index contributed by atoms with van der Waals surface area (Å²) in [5.74, 6) is -1.61. The van der Waals surface area contributed by atoms with Gasteiger partial charge in [0.05, 0.1) is 17.5 Å². The third-order valence-electron chi connectivity index (χ3n) is 3.67. The average Bonchev–Trinajstić information content (AvgIpc) is 2.45. The fourth-order valence-corrected chi connectivity index (χ4v) is 2.66. The molecule has 0 bridgehead atoms. The average molecular weight is 299 g/mol. The Kier molecular flexibility index (Phi) is 3.29. The topological polar surface area (TPSA) is 96.5 Å². The molecule has 1 aromatic heterocycles. The van der Waals surface area contributed by atoms with Crippen molar-refractivity contribution >= 4 is 11.9 Å². The largest absolute Gasteiger partial charge is 0.478 e. The number of carboxylic acid groups (broad SMARTS) is 1. The zero-order chi connectivity index (χ0) is 15.9. The second-order valence-corrected chi connectivity index (χ2v) is 5.22. The highest BCUT2D eigenvalue weighted by molar-refractivity contribution is 5.87. The number of ether oxygens (including phenoxy) is 1. The van der Waals surface area contributed by atoms with Crippen LogP contribution in [-0.4, -0.2) is 22.0 Å². The Bertz CT molecular complexity index is 819. The lowest BCUT2D eigenvalue weighted by Gasteiger charge is -2.24. The van der Waals surface area contributed by atoms with Crippen molar-refractivity contribution in [3.8, 4) is 5.75 Å². The Hall–Kier alpha value is -2.89. The van der Waals surface area contributed by atoms with E-state index in [4.69, 9.17) is 9.84 Å². The van der Waals surface area contributed by atoms with Gasteiger partial charge in [0.25, 0.3) is 5.56 Å². The zero-order valence-corrected chi connectivity index (χ0v) is 11.8. The van der Waals surface area contributed by atoms with Gasteiger partial charge in [-0.2, -0.15) is 0 Å². The molecule has 0 aliphatic carbocycles. The predicted molar refractivity (Wildman–Crippen MR) is 77.3 cm³/mol. The summed E-state index contributed by atoms with van der Waals surface area (Å²) in [6.07, 6.45) is 0.0472. The van der Waals surface area contributed by atoms with Crippen LogP contribution in [0.4, 0.5) is 0 Å². The first-order chi connectivity index (χ1) is 10.5. The molecule has 1 aromatic carbocycles. The van der Waals surface area contributed by atoms with Gasteiger partial charge in [-0.15, -0.1) is 0 Å². The van der Waals surface area contributed by atoms with Crippen LogP contribution in [0.1, 0.15) is 39.5 Å². The number of aromatic nitrogens is 1. The number of aromatic carboxylic acids is 1. The summed E-state index contributed by atoms with van der Waals surface area (Å²) in [5, 5.41) is 8.93. The summed E-state index contributed by atoms with van der Waals surface area (Å²) in [4.78, 5) is 37.6. The summed E-state index contributed by atoms with van der Waals surface area (Å²) in [6, 6.07) is 7.78. The first-order valence-corrected chi connectivity index (χ1v) is 6.73. The molecule has 2 aromatic rings. The van der Waals surface area contributed by atoms with Crippen molar-refractivity contribution < 1.29 is 19.4 Å². The molecule has 22 heavy (non-hydrogen) atoms. The lowest BCUT2D eigenvalue weighted by atomic mass is 9.86. The number of aromatic amines is 1. The molecular weight excluding hydrogens is 286 g/mol. The van der Waals surface area contributed by atoms with Gasteiger partial charge in [0.2, 0.25) is 0 Å². The number of carbonyl (C=O) groups excluding carboxylic acids is 1. The van der Waals surface area contributed by atoms with Crippen LogP contribution in [0.25, 0.3) is 0 Å². The van der Waals surface area contributed by atoms with Gasteiger partial charge < -0.3 is 14.8 Å². The number of aryl methyl sites for hydroxylation is 1. The summed E-state index contributed by atoms with van der Waals surface area (Å²) in [6.45, 7) is 1.71. The molecule has 0 saturated heterocycles. The molecular formula is C16H13NO5. The van der Waals surface area contributed by atoms with E-state index in [2.05, 4.69) is 4.98 Å². The van der Waals surface area contributed by atoms with Crippen molar-refractivity contribution in [2.75, 3.05) is 0 Å². The second-order valence-electron chi connectivity index (χ2n) is 5.22. The molecule has 0 spiro atoms. The highest BCUT2D eigenvalue weighted by atomic mass is 16.5. The maximum atomic E-state index is 12.2. The van der Waals surface area contributed by atoms with Crippen LogP contribution < -0.4 is 10.3 Å². The van der Waals surface area contributed by atoms with Crippen LogP contribution in [-0.2, 0) is 4.79 Å². The molecule has 0 unspecified atom stereocenters. The van der Waals surface area contributed by atoms with E-state index in [0.717, 1.165) is 0 Å². The van der Waals surface area contributed by atoms with Crippen LogP contribution in [0.2, 0.25) is 0 Å². The van der Waals surface area contributed by atoms with Crippen LogP contribution in [0.3, 0.4) is 0 Å². The molecule has 2 heterocycles. The van der Waals surface area contributed by atoms with E-state index in [1.165, 1.54) is 12.1 Å². The minimum absolute atomic E-state index is 0.0472. The number of carboxylic acids is 1. The Balaban J connectivity index is 2.11. The quantitative estimate of drug-likeness (QED) is 0.825. The van der Waals surface area contributed by atoms with Gasteiger partial charge in [-0.25, -0.2) is 4.79 Å². The van der Waals surface area contributed by atoms with E-state index in [1.807, 2.05) is 0 Å². The van der Waals surface area contributed by atoms with E-state index in [9.17, 15) is 14.4 Å². The molecule has 6 heteroatoms. The Labute approximate surface area is 125 Å². The monoisotopic (exact) mass is 299 g/mol. The van der Waals surface area contributed by atoms with Crippen molar-refractivity contribution in [3.63, 3.8) is 0 Å². The van der Waals surface area contributed by atoms with Gasteiger partial charge in [-0.05, 0) is 24.6 Å². The number of nitrogens with one attached hydrogen (secondary N) is 1. The lowest BCUT2D eigenvalue weighted by Crippen LogP contribution is -2.28. The number of esters is 1. The SMILES string of the molecule is Cc1cc2c(c(=O)[nH]1)[C@H](c1ccc(C(=O)O)cc1)CC(=O)O2. The van der Waals surface area contributed by atoms with Gasteiger partial charge in [0.15, 0.2) is 0 Å². The Morgan fingerprint density at radius 3 is 2.59 bits per heavy atom. The summed E-state index contributed by atoms with van der Waals surface area (Å²) in [7, 11) is 0. The fraction of sp³-hybridized carbons (Fsp3) is 0.188. The number of benzene rings is 1. The molecule has 112 valence electrons. The second kappa shape index (κ2) is 5.14. The summed E-state index contributed by atoms with van der Waals surface area (Å²) >= 11 is 0. The smallest absolute Gasteiger partial charge is 0.335 e. The van der Waals surface area contributed by atoms with E-state index in [-0.39, 0.29) is 23.3 Å². The van der Waals surface area contributed by atoms with E-state index >= 15 is 0 Å². The molecule has 1 atom stereocenters. The molecule has 1 aliphatic rings. The van der Waals surface area contributed by atoms with Gasteiger partial charge in [0, 0.05) is 17.7 Å². The maximum Gasteiger partial charge on any atom is 0.335 e. The lowest BCUT2D eigenvalue weighted by molar-refractivity contribution is -0.135. The van der Waals surface area contributed by atoms with Crippen molar-refractivity contribution in [2.45, 2.75) is 19.3 Å². The predicted octanol–water partition coefficient (Wildman–Crippen LogP) is 1.82. The Morgan fingerprint density at radius 1 is 1.27 bits per heavy atom. The highest BCUT2D eigenvalue weighted by Gasteiger charge is 2.31. The van der Waals surface area contributed by atoms with Gasteiger partial charge in [-0.3, -0.25) is 9.59 Å². The molecule has 2 N–H and O–H groups in total. The molecule has 6 nitrogen and oxygen atoms in total. The number of fused-ring (bicyclic) bond motifs is 1. The van der Waals surface area contributed by atoms with Crippen LogP contribution in [0.5, 0.6) is 5.75 Å². The molecule has 0 saturated carbocycles. The fourth-order valence-electron chi connectivity index (χ4n) is 2.66. The Morgan fingerprint density at radius 2 is 1.95 bits per heavy atom. The normalized spacial score (nSPS) is 16.8. The molecule has 3 rings (SSSR count). The van der Waals surface area contributed by atoms with Gasteiger partial charge in [-0.1, -0.05) is 12.1 Å². The molecule has 1 aliphatic heterocycles. The van der Waals surface area contributed by atoms with Crippen LogP contribution >= 0.6 is 0 Å². The molecule has 0 fully saturated rings. The number of H-pyrrole nitrogens is 1. The van der Waals surface area contributed by atoms with Crippen molar-refractivity contribution in [2.24, 2.45) is 0 Å². The molecule has 0 radical (unpaired) electrons. The van der Waals surface area contributed by atoms with Crippen molar-refractivity contribution in [3.05, 3.63) is 63.1 Å². The van der Waals surface area contributed by atoms with Gasteiger partial charge >= 0.3 is 11.9 Å². The van der Waals surface area contributed by atoms with E-state index < -0.39 is 17.9 Å². The number of hydrogen-bond donors (Lipinski definition) is 2. The van der Waals surface area contributed by atoms with Crippen LogP contribution in [0, 0.1) is 6.92 Å². The highest BCUT2D eigenvalue weighted by Crippen LogP contribution is 2.36. The third kappa shape index (κ3) is 2.39. The zero-order valence-electron chi connectivity index (χ0n) is 11.8. The minimum Gasteiger partial charge on any atom is -0.478 e. The van der Waals surface area contributed by atoms with E-state index in [0.29, 0.717) is 16.8 Å². The van der Waals surface area contributed by atoms with Crippen molar-refractivity contribution in [1.29, 1.82) is 0 Å². The number of rotatable bonds is 2. The molecule has 0 amide bonds. The first kappa shape index (κ1) is 14.1. The van der Waals surface area contributed by atoms with E-state index in [1.54, 1.807) is 25.1 Å². The number of carbonyl (C=O) groups is 2. The first-order valence-electron chi connectivity index (χ1n) is 6.73. The third-order valence-corrected chi connectivity index (χ3v) is 3.67. The minimum atomic E-state index is -1.02. The van der Waals surface area contributed by atoms with Crippen LogP contribution in [0.15, 0.2) is 35.1 Å². The number of hydrogen-bond acceptors (Lipinski definition) is 4. The summed E-state index contributed by atoms with van der Waals surface area (Å²) in [5.41, 5.74) is 1.57. The maximum absolute atomic E-state index is 12.2. The van der Waals surface area contributed by atoms with Crippen molar-refractivity contribution in [1.82, 2.24) is 4.98 Å².